The highest BCUT2D eigenvalue weighted by Crippen LogP contribution is 2.25. The number of nitrogens with zero attached hydrogens (tertiary/aromatic N) is 1. The Bertz CT molecular complexity index is 651. The molecule has 3 rings (SSSR count). The Morgan fingerprint density at radius 2 is 1.48 bits per heavy atom. The minimum Gasteiger partial charge on any atom is -0.378 e. The molecule has 0 unspecified atom stereocenters. The molecule has 3 heteroatoms. The predicted octanol–water partition coefficient (Wildman–Crippen LogP) is 4.39. The van der Waals surface area contributed by atoms with Crippen LogP contribution in [0, 0.1) is 0 Å². The SMILES string of the molecule is CC[Si](CC)(CC)c1ccc2cc(N3CCOCC3)ccc2c1. The zero-order valence-electron chi connectivity index (χ0n) is 14.8. The van der Waals surface area contributed by atoms with Crippen LogP contribution in [0.5, 0.6) is 0 Å². The van der Waals surface area contributed by atoms with Gasteiger partial charge in [-0.2, -0.15) is 0 Å². The Hall–Kier alpha value is -1.32. The van der Waals surface area contributed by atoms with Crippen LogP contribution >= 0.6 is 0 Å². The molecule has 2 aromatic rings. The molecular weight excluding hydrogens is 298 g/mol. The van der Waals surface area contributed by atoms with Gasteiger partial charge >= 0.3 is 0 Å². The number of hydrogen-bond acceptors (Lipinski definition) is 2. The van der Waals surface area contributed by atoms with Gasteiger partial charge in [0.15, 0.2) is 0 Å². The molecule has 1 heterocycles. The highest BCUT2D eigenvalue weighted by Gasteiger charge is 2.29. The predicted molar refractivity (Wildman–Crippen MR) is 104 cm³/mol. The normalized spacial score (nSPS) is 16.0. The van der Waals surface area contributed by atoms with E-state index in [9.17, 15) is 0 Å². The van der Waals surface area contributed by atoms with Gasteiger partial charge in [-0.15, -0.1) is 0 Å². The first-order chi connectivity index (χ1) is 11.2. The largest absolute Gasteiger partial charge is 0.378 e. The average Bonchev–Trinajstić information content (AvgIpc) is 2.64. The maximum absolute atomic E-state index is 5.46. The van der Waals surface area contributed by atoms with E-state index in [0.29, 0.717) is 0 Å². The van der Waals surface area contributed by atoms with Crippen LogP contribution in [0.25, 0.3) is 10.8 Å². The second-order valence-electron chi connectivity index (χ2n) is 6.69. The van der Waals surface area contributed by atoms with E-state index in [1.54, 1.807) is 5.19 Å². The summed E-state index contributed by atoms with van der Waals surface area (Å²) in [5, 5.41) is 4.40. The van der Waals surface area contributed by atoms with Gasteiger partial charge in [-0.25, -0.2) is 0 Å². The van der Waals surface area contributed by atoms with E-state index >= 15 is 0 Å². The Balaban J connectivity index is 1.95. The summed E-state index contributed by atoms with van der Waals surface area (Å²) in [6.07, 6.45) is 0. The molecule has 0 radical (unpaired) electrons. The molecule has 0 atom stereocenters. The van der Waals surface area contributed by atoms with Crippen LogP contribution < -0.4 is 10.1 Å². The van der Waals surface area contributed by atoms with E-state index in [4.69, 9.17) is 4.74 Å². The lowest BCUT2D eigenvalue weighted by Crippen LogP contribution is -2.45. The van der Waals surface area contributed by atoms with Crippen LogP contribution in [-0.2, 0) is 4.74 Å². The lowest BCUT2D eigenvalue weighted by Gasteiger charge is -2.30. The number of rotatable bonds is 5. The minimum absolute atomic E-state index is 0.842. The van der Waals surface area contributed by atoms with Crippen LogP contribution in [-0.4, -0.2) is 34.4 Å². The van der Waals surface area contributed by atoms with Gasteiger partial charge in [-0.05, 0) is 22.9 Å². The molecule has 1 saturated heterocycles. The first-order valence-corrected chi connectivity index (χ1v) is 11.7. The highest BCUT2D eigenvalue weighted by molar-refractivity contribution is 6.91. The molecule has 0 N–H and O–H groups in total. The molecule has 2 nitrogen and oxygen atoms in total. The Morgan fingerprint density at radius 1 is 0.870 bits per heavy atom. The lowest BCUT2D eigenvalue weighted by molar-refractivity contribution is 0.122. The lowest BCUT2D eigenvalue weighted by atomic mass is 10.1. The van der Waals surface area contributed by atoms with Crippen molar-refractivity contribution < 1.29 is 4.74 Å². The summed E-state index contributed by atoms with van der Waals surface area (Å²) in [7, 11) is -1.28. The molecule has 0 bridgehead atoms. The molecule has 0 aliphatic carbocycles. The molecule has 1 aliphatic rings. The summed E-state index contributed by atoms with van der Waals surface area (Å²) >= 11 is 0. The van der Waals surface area contributed by atoms with E-state index in [1.807, 2.05) is 0 Å². The average molecular weight is 328 g/mol. The third-order valence-electron chi connectivity index (χ3n) is 5.84. The topological polar surface area (TPSA) is 12.5 Å². The Morgan fingerprint density at radius 3 is 2.13 bits per heavy atom. The van der Waals surface area contributed by atoms with Gasteiger partial charge in [0, 0.05) is 18.8 Å². The summed E-state index contributed by atoms with van der Waals surface area (Å²) in [5.74, 6) is 0. The number of ether oxygens (including phenoxy) is 1. The van der Waals surface area contributed by atoms with E-state index in [1.165, 1.54) is 34.6 Å². The van der Waals surface area contributed by atoms with Crippen molar-refractivity contribution in [2.75, 3.05) is 31.2 Å². The molecule has 124 valence electrons. The van der Waals surface area contributed by atoms with E-state index in [-0.39, 0.29) is 0 Å². The van der Waals surface area contributed by atoms with Crippen molar-refractivity contribution in [1.29, 1.82) is 0 Å². The van der Waals surface area contributed by atoms with E-state index in [0.717, 1.165) is 26.3 Å². The molecule has 2 aromatic carbocycles. The van der Waals surface area contributed by atoms with Crippen molar-refractivity contribution in [3.63, 3.8) is 0 Å². The second kappa shape index (κ2) is 7.06. The van der Waals surface area contributed by atoms with Gasteiger partial charge in [0.05, 0.1) is 21.3 Å². The molecule has 0 spiro atoms. The van der Waals surface area contributed by atoms with Gasteiger partial charge in [0.2, 0.25) is 0 Å². The fourth-order valence-electron chi connectivity index (χ4n) is 3.94. The van der Waals surface area contributed by atoms with E-state index < -0.39 is 8.07 Å². The molecular formula is C20H29NOSi. The van der Waals surface area contributed by atoms with Crippen molar-refractivity contribution in [1.82, 2.24) is 0 Å². The number of anilines is 1. The quantitative estimate of drug-likeness (QED) is 0.755. The fourth-order valence-corrected chi connectivity index (χ4v) is 7.57. The molecule has 0 amide bonds. The Kier molecular flexibility index (Phi) is 5.07. The van der Waals surface area contributed by atoms with Crippen molar-refractivity contribution in [2.24, 2.45) is 0 Å². The summed E-state index contributed by atoms with van der Waals surface area (Å²) in [6, 6.07) is 18.2. The van der Waals surface area contributed by atoms with Gasteiger partial charge in [0.1, 0.15) is 0 Å². The summed E-state index contributed by atoms with van der Waals surface area (Å²) < 4.78 is 5.46. The molecule has 23 heavy (non-hydrogen) atoms. The third-order valence-corrected chi connectivity index (χ3v) is 11.4. The third kappa shape index (κ3) is 3.17. The molecule has 0 aromatic heterocycles. The van der Waals surface area contributed by atoms with Gasteiger partial charge in [0.25, 0.3) is 0 Å². The summed E-state index contributed by atoms with van der Waals surface area (Å²) in [6.45, 7) is 10.8. The van der Waals surface area contributed by atoms with Gasteiger partial charge in [-0.1, -0.05) is 68.4 Å². The van der Waals surface area contributed by atoms with Crippen LogP contribution in [0.2, 0.25) is 18.1 Å². The summed E-state index contributed by atoms with van der Waals surface area (Å²) in [4.78, 5) is 2.43. The first kappa shape index (κ1) is 16.5. The Labute approximate surface area is 141 Å². The zero-order chi connectivity index (χ0) is 16.3. The van der Waals surface area contributed by atoms with E-state index in [2.05, 4.69) is 62.1 Å². The van der Waals surface area contributed by atoms with Crippen molar-refractivity contribution in [3.05, 3.63) is 36.4 Å². The number of hydrogen-bond donors (Lipinski definition) is 0. The number of morpholine rings is 1. The minimum atomic E-state index is -1.28. The summed E-state index contributed by atoms with van der Waals surface area (Å²) in [5.41, 5.74) is 1.33. The standard InChI is InChI=1S/C20H29NOSi/c1-4-23(5-2,6-3)20-10-8-17-15-19(9-7-18(17)16-20)21-11-13-22-14-12-21/h7-10,15-16H,4-6,11-14H2,1-3H3. The molecule has 1 aliphatic heterocycles. The van der Waals surface area contributed by atoms with Crippen LogP contribution in [0.3, 0.4) is 0 Å². The maximum Gasteiger partial charge on any atom is 0.0859 e. The smallest absolute Gasteiger partial charge is 0.0859 e. The monoisotopic (exact) mass is 327 g/mol. The van der Waals surface area contributed by atoms with Crippen LogP contribution in [0.15, 0.2) is 36.4 Å². The van der Waals surface area contributed by atoms with Crippen LogP contribution in [0.4, 0.5) is 5.69 Å². The second-order valence-corrected chi connectivity index (χ2v) is 11.9. The van der Waals surface area contributed by atoms with Crippen molar-refractivity contribution >= 4 is 29.7 Å². The number of benzene rings is 2. The fraction of sp³-hybridized carbons (Fsp3) is 0.500. The highest BCUT2D eigenvalue weighted by atomic mass is 28.3. The number of fused-ring (bicyclic) bond motifs is 1. The van der Waals surface area contributed by atoms with Crippen molar-refractivity contribution in [3.8, 4) is 0 Å². The van der Waals surface area contributed by atoms with Crippen LogP contribution in [0.1, 0.15) is 20.8 Å². The molecule has 0 saturated carbocycles. The molecule has 1 fully saturated rings. The van der Waals surface area contributed by atoms with Gasteiger partial charge in [-0.3, -0.25) is 0 Å². The maximum atomic E-state index is 5.46. The first-order valence-electron chi connectivity index (χ1n) is 9.09. The zero-order valence-corrected chi connectivity index (χ0v) is 15.8. The van der Waals surface area contributed by atoms with Gasteiger partial charge < -0.3 is 9.64 Å². The van der Waals surface area contributed by atoms with Crippen molar-refractivity contribution in [2.45, 2.75) is 38.9 Å².